The van der Waals surface area contributed by atoms with Gasteiger partial charge in [-0.2, -0.15) is 0 Å². The number of nitrogens with one attached hydrogen (secondary N) is 2. The molecule has 2 N–H and O–H groups in total. The molecule has 1 aliphatic rings. The molecule has 1 aromatic carbocycles. The van der Waals surface area contributed by atoms with Gasteiger partial charge in [-0.3, -0.25) is 0 Å². The van der Waals surface area contributed by atoms with Gasteiger partial charge in [0.05, 0.1) is 25.6 Å². The number of methoxy groups -OCH3 is 2. The molecule has 0 fully saturated rings. The van der Waals surface area contributed by atoms with E-state index in [0.29, 0.717) is 11.5 Å². The minimum Gasteiger partial charge on any atom is -0.493 e. The van der Waals surface area contributed by atoms with Crippen molar-refractivity contribution in [1.82, 2.24) is 0 Å². The second-order valence-electron chi connectivity index (χ2n) is 6.57. The van der Waals surface area contributed by atoms with E-state index in [1.807, 2.05) is 12.1 Å². The third-order valence-corrected chi connectivity index (χ3v) is 3.55. The molecular weight excluding hydrogens is 252 g/mol. The number of hydrogen-bond donors (Lipinski definition) is 2. The molecule has 0 bridgehead atoms. The first kappa shape index (κ1) is 14.8. The third-order valence-electron chi connectivity index (χ3n) is 3.55. The normalized spacial score (nSPS) is 18.4. The highest BCUT2D eigenvalue weighted by molar-refractivity contribution is 5.75. The van der Waals surface area contributed by atoms with E-state index in [0.717, 1.165) is 42.3 Å². The number of anilines is 2. The van der Waals surface area contributed by atoms with Gasteiger partial charge in [-0.25, -0.2) is 0 Å². The van der Waals surface area contributed by atoms with E-state index in [-0.39, 0.29) is 0 Å². The van der Waals surface area contributed by atoms with Crippen molar-refractivity contribution < 1.29 is 9.47 Å². The van der Waals surface area contributed by atoms with Gasteiger partial charge in [0, 0.05) is 24.7 Å². The van der Waals surface area contributed by atoms with E-state index >= 15 is 0 Å². The van der Waals surface area contributed by atoms with Crippen LogP contribution < -0.4 is 20.1 Å². The molecule has 112 valence electrons. The van der Waals surface area contributed by atoms with Gasteiger partial charge in [0.2, 0.25) is 0 Å². The van der Waals surface area contributed by atoms with Crippen molar-refractivity contribution in [3.8, 4) is 11.5 Å². The van der Waals surface area contributed by atoms with Crippen LogP contribution in [-0.4, -0.2) is 26.8 Å². The molecule has 0 amide bonds. The fraction of sp³-hybridized carbons (Fsp3) is 0.625. The molecule has 1 aliphatic heterocycles. The third kappa shape index (κ3) is 3.50. The molecule has 0 saturated carbocycles. The summed E-state index contributed by atoms with van der Waals surface area (Å²) in [6, 6.07) is 4.49. The van der Waals surface area contributed by atoms with Crippen LogP contribution in [0, 0.1) is 5.41 Å². The van der Waals surface area contributed by atoms with Crippen molar-refractivity contribution in [2.45, 2.75) is 39.7 Å². The summed E-state index contributed by atoms with van der Waals surface area (Å²) in [5.41, 5.74) is 2.49. The average Bonchev–Trinajstić information content (AvgIpc) is 2.55. The highest BCUT2D eigenvalue weighted by atomic mass is 16.5. The highest BCUT2D eigenvalue weighted by Gasteiger charge is 2.22. The maximum atomic E-state index is 5.39. The molecule has 1 heterocycles. The Hall–Kier alpha value is -1.58. The monoisotopic (exact) mass is 278 g/mol. The molecule has 0 radical (unpaired) electrons. The lowest BCUT2D eigenvalue weighted by atomic mass is 9.87. The van der Waals surface area contributed by atoms with Crippen LogP contribution in [0.2, 0.25) is 0 Å². The summed E-state index contributed by atoms with van der Waals surface area (Å²) in [6.07, 6.45) is 2.25. The Kier molecular flexibility index (Phi) is 4.31. The molecule has 1 aromatic rings. The van der Waals surface area contributed by atoms with Crippen LogP contribution in [0.25, 0.3) is 0 Å². The smallest absolute Gasteiger partial charge is 0.162 e. The van der Waals surface area contributed by atoms with Gasteiger partial charge < -0.3 is 20.1 Å². The molecule has 0 aliphatic carbocycles. The van der Waals surface area contributed by atoms with Crippen LogP contribution in [0.3, 0.4) is 0 Å². The first-order chi connectivity index (χ1) is 9.43. The molecule has 0 saturated heterocycles. The van der Waals surface area contributed by atoms with E-state index in [1.165, 1.54) is 0 Å². The topological polar surface area (TPSA) is 42.5 Å². The van der Waals surface area contributed by atoms with Gasteiger partial charge in [0.1, 0.15) is 0 Å². The van der Waals surface area contributed by atoms with E-state index < -0.39 is 0 Å². The molecule has 0 spiro atoms. The van der Waals surface area contributed by atoms with Crippen molar-refractivity contribution in [3.63, 3.8) is 0 Å². The van der Waals surface area contributed by atoms with Crippen LogP contribution in [0.15, 0.2) is 12.1 Å². The Labute approximate surface area is 121 Å². The molecule has 20 heavy (non-hydrogen) atoms. The Balaban J connectivity index is 2.26. The molecule has 0 aromatic heterocycles. The molecule has 1 unspecified atom stereocenters. The van der Waals surface area contributed by atoms with Gasteiger partial charge in [-0.15, -0.1) is 0 Å². The second-order valence-corrected chi connectivity index (χ2v) is 6.57. The summed E-state index contributed by atoms with van der Waals surface area (Å²) in [5.74, 6) is 1.52. The van der Waals surface area contributed by atoms with Crippen molar-refractivity contribution in [2.24, 2.45) is 5.41 Å². The van der Waals surface area contributed by atoms with Crippen molar-refractivity contribution >= 4 is 11.4 Å². The van der Waals surface area contributed by atoms with Crippen LogP contribution in [0.5, 0.6) is 11.5 Å². The van der Waals surface area contributed by atoms with Gasteiger partial charge in [-0.05, 0) is 18.3 Å². The lowest BCUT2D eigenvalue weighted by molar-refractivity contribution is 0.345. The van der Waals surface area contributed by atoms with Gasteiger partial charge >= 0.3 is 0 Å². The predicted molar refractivity (Wildman–Crippen MR) is 84.1 cm³/mol. The lowest BCUT2D eigenvalue weighted by Crippen LogP contribution is -2.25. The van der Waals surface area contributed by atoms with Crippen LogP contribution in [0.1, 0.15) is 33.6 Å². The minimum atomic E-state index is 0.318. The molecule has 4 nitrogen and oxygen atoms in total. The minimum absolute atomic E-state index is 0.318. The first-order valence-electron chi connectivity index (χ1n) is 7.19. The average molecular weight is 278 g/mol. The summed E-state index contributed by atoms with van der Waals surface area (Å²) in [7, 11) is 3.33. The molecule has 4 heteroatoms. The highest BCUT2D eigenvalue weighted by Crippen LogP contribution is 2.38. The van der Waals surface area contributed by atoms with Crippen molar-refractivity contribution in [3.05, 3.63) is 12.1 Å². The van der Waals surface area contributed by atoms with Gasteiger partial charge in [0.25, 0.3) is 0 Å². The number of ether oxygens (including phenoxy) is 2. The number of rotatable bonds is 3. The Morgan fingerprint density at radius 2 is 1.70 bits per heavy atom. The van der Waals surface area contributed by atoms with Gasteiger partial charge in [-0.1, -0.05) is 20.8 Å². The number of benzene rings is 1. The van der Waals surface area contributed by atoms with E-state index in [9.17, 15) is 0 Å². The van der Waals surface area contributed by atoms with E-state index in [4.69, 9.17) is 9.47 Å². The van der Waals surface area contributed by atoms with Crippen molar-refractivity contribution in [1.29, 1.82) is 0 Å². The molecule has 2 rings (SSSR count). The van der Waals surface area contributed by atoms with E-state index in [2.05, 4.69) is 31.4 Å². The standard InChI is InChI=1S/C16H26N2O2/c1-16(2,3)10-11-6-7-17-12-8-14(19-4)15(20-5)9-13(12)18-11/h8-9,11,17-18H,6-7,10H2,1-5H3. The predicted octanol–water partition coefficient (Wildman–Crippen LogP) is 3.74. The summed E-state index contributed by atoms with van der Waals surface area (Å²) >= 11 is 0. The quantitative estimate of drug-likeness (QED) is 0.884. The Morgan fingerprint density at radius 1 is 1.10 bits per heavy atom. The first-order valence-corrected chi connectivity index (χ1v) is 7.19. The summed E-state index contributed by atoms with van der Waals surface area (Å²) in [5, 5.41) is 7.11. The maximum absolute atomic E-state index is 5.39. The van der Waals surface area contributed by atoms with Gasteiger partial charge in [0.15, 0.2) is 11.5 Å². The SMILES string of the molecule is COc1cc2c(cc1OC)NC(CC(C)(C)C)CCN2. The van der Waals surface area contributed by atoms with Crippen LogP contribution >= 0.6 is 0 Å². The van der Waals surface area contributed by atoms with Crippen LogP contribution in [0.4, 0.5) is 11.4 Å². The summed E-state index contributed by atoms with van der Waals surface area (Å²) in [6.45, 7) is 7.81. The fourth-order valence-electron chi connectivity index (χ4n) is 2.71. The zero-order valence-electron chi connectivity index (χ0n) is 13.2. The number of fused-ring (bicyclic) bond motifs is 1. The summed E-state index contributed by atoms with van der Waals surface area (Å²) < 4.78 is 10.7. The van der Waals surface area contributed by atoms with E-state index in [1.54, 1.807) is 14.2 Å². The lowest BCUT2D eigenvalue weighted by Gasteiger charge is -2.26. The fourth-order valence-corrected chi connectivity index (χ4v) is 2.71. The Bertz CT molecular complexity index is 466. The zero-order chi connectivity index (χ0) is 14.8. The molecule has 1 atom stereocenters. The molecular formula is C16H26N2O2. The van der Waals surface area contributed by atoms with Crippen molar-refractivity contribution in [2.75, 3.05) is 31.4 Å². The summed E-state index contributed by atoms with van der Waals surface area (Å²) in [4.78, 5) is 0. The maximum Gasteiger partial charge on any atom is 0.162 e. The number of hydrogen-bond acceptors (Lipinski definition) is 4. The second kappa shape index (κ2) is 5.81. The largest absolute Gasteiger partial charge is 0.493 e. The van der Waals surface area contributed by atoms with Crippen LogP contribution in [-0.2, 0) is 0 Å². The zero-order valence-corrected chi connectivity index (χ0v) is 13.2. The Morgan fingerprint density at radius 3 is 2.25 bits per heavy atom.